The minimum absolute atomic E-state index is 0.171. The SMILES string of the molecule is CCOC(=O)CN(C)C(=O)c1ccc2c(c1)[nH]c(=O)c(=O)n2CC. The molecule has 0 aliphatic rings. The molecule has 1 amide bonds. The maximum absolute atomic E-state index is 12.4. The highest BCUT2D eigenvalue weighted by atomic mass is 16.5. The lowest BCUT2D eigenvalue weighted by molar-refractivity contribution is -0.143. The van der Waals surface area contributed by atoms with Crippen molar-refractivity contribution in [3.05, 3.63) is 44.5 Å². The van der Waals surface area contributed by atoms with Crippen LogP contribution in [0, 0.1) is 0 Å². The zero-order valence-corrected chi connectivity index (χ0v) is 13.8. The molecular formula is C16H19N3O5. The average molecular weight is 333 g/mol. The predicted molar refractivity (Wildman–Crippen MR) is 88.1 cm³/mol. The van der Waals surface area contributed by atoms with Crippen molar-refractivity contribution < 1.29 is 14.3 Å². The van der Waals surface area contributed by atoms with Crippen molar-refractivity contribution >= 4 is 22.9 Å². The summed E-state index contributed by atoms with van der Waals surface area (Å²) < 4.78 is 6.15. The van der Waals surface area contributed by atoms with Gasteiger partial charge >= 0.3 is 17.1 Å². The number of carbonyl (C=O) groups excluding carboxylic acids is 2. The molecule has 1 aromatic carbocycles. The zero-order valence-electron chi connectivity index (χ0n) is 13.8. The number of nitrogens with one attached hydrogen (secondary N) is 1. The van der Waals surface area contributed by atoms with E-state index in [9.17, 15) is 19.2 Å². The second kappa shape index (κ2) is 7.12. The molecule has 0 saturated carbocycles. The quantitative estimate of drug-likeness (QED) is 0.628. The number of carbonyl (C=O) groups is 2. The standard InChI is InChI=1S/C16H19N3O5/c1-4-19-12-7-6-10(8-11(12)17-14(21)16(19)23)15(22)18(3)9-13(20)24-5-2/h6-8H,4-5,9H2,1-3H3,(H,17,21). The number of hydrogen-bond acceptors (Lipinski definition) is 5. The maximum atomic E-state index is 12.4. The molecule has 0 aliphatic heterocycles. The van der Waals surface area contributed by atoms with Crippen molar-refractivity contribution in [3.63, 3.8) is 0 Å². The monoisotopic (exact) mass is 333 g/mol. The van der Waals surface area contributed by atoms with Crippen molar-refractivity contribution in [3.8, 4) is 0 Å². The molecule has 0 atom stereocenters. The van der Waals surface area contributed by atoms with E-state index in [4.69, 9.17) is 4.74 Å². The Kier molecular flexibility index (Phi) is 5.18. The van der Waals surface area contributed by atoms with Gasteiger partial charge in [-0.05, 0) is 32.0 Å². The Balaban J connectivity index is 2.39. The van der Waals surface area contributed by atoms with E-state index in [2.05, 4.69) is 4.98 Å². The summed E-state index contributed by atoms with van der Waals surface area (Å²) >= 11 is 0. The van der Waals surface area contributed by atoms with Crippen LogP contribution in [0.2, 0.25) is 0 Å². The van der Waals surface area contributed by atoms with Crippen LogP contribution in [0.4, 0.5) is 0 Å². The molecule has 0 aliphatic carbocycles. The van der Waals surface area contributed by atoms with Crippen molar-refractivity contribution in [2.24, 2.45) is 0 Å². The summed E-state index contributed by atoms with van der Waals surface area (Å²) in [6, 6.07) is 4.64. The fourth-order valence-corrected chi connectivity index (χ4v) is 2.42. The topological polar surface area (TPSA) is 101 Å². The molecule has 1 aromatic heterocycles. The number of nitrogens with zero attached hydrogens (tertiary/aromatic N) is 2. The first kappa shape index (κ1) is 17.5. The third-order valence-electron chi connectivity index (χ3n) is 3.56. The summed E-state index contributed by atoms with van der Waals surface area (Å²) in [7, 11) is 1.49. The summed E-state index contributed by atoms with van der Waals surface area (Å²) in [6.07, 6.45) is 0. The maximum Gasteiger partial charge on any atom is 0.325 e. The summed E-state index contributed by atoms with van der Waals surface area (Å²) in [5.41, 5.74) is -0.160. The minimum Gasteiger partial charge on any atom is -0.465 e. The Morgan fingerprint density at radius 1 is 1.25 bits per heavy atom. The molecule has 2 aromatic rings. The molecule has 0 spiro atoms. The van der Waals surface area contributed by atoms with E-state index >= 15 is 0 Å². The zero-order chi connectivity index (χ0) is 17.9. The molecule has 0 bridgehead atoms. The van der Waals surface area contributed by atoms with Gasteiger partial charge in [0.1, 0.15) is 6.54 Å². The van der Waals surface area contributed by atoms with Crippen LogP contribution in [0.15, 0.2) is 27.8 Å². The van der Waals surface area contributed by atoms with E-state index in [-0.39, 0.29) is 19.1 Å². The van der Waals surface area contributed by atoms with Crippen molar-refractivity contribution in [2.45, 2.75) is 20.4 Å². The molecule has 0 radical (unpaired) electrons. The van der Waals surface area contributed by atoms with E-state index in [1.54, 1.807) is 26.0 Å². The van der Waals surface area contributed by atoms with Crippen LogP contribution in [0.25, 0.3) is 11.0 Å². The Bertz CT molecular complexity index is 897. The van der Waals surface area contributed by atoms with Crippen LogP contribution in [0.3, 0.4) is 0 Å². The van der Waals surface area contributed by atoms with Crippen molar-refractivity contribution in [1.29, 1.82) is 0 Å². The van der Waals surface area contributed by atoms with E-state index in [0.717, 1.165) is 0 Å². The number of likely N-dealkylation sites (N-methyl/N-ethyl adjacent to an activating group) is 1. The lowest BCUT2D eigenvalue weighted by Crippen LogP contribution is -2.36. The highest BCUT2D eigenvalue weighted by Gasteiger charge is 2.17. The summed E-state index contributed by atoms with van der Waals surface area (Å²) in [4.78, 5) is 51.1. The van der Waals surface area contributed by atoms with Gasteiger partial charge in [-0.3, -0.25) is 19.2 Å². The Hall–Kier alpha value is -2.90. The highest BCUT2D eigenvalue weighted by molar-refractivity contribution is 5.98. The van der Waals surface area contributed by atoms with E-state index in [0.29, 0.717) is 23.1 Å². The molecule has 1 heterocycles. The molecule has 0 fully saturated rings. The molecule has 1 N–H and O–H groups in total. The molecule has 24 heavy (non-hydrogen) atoms. The largest absolute Gasteiger partial charge is 0.465 e. The number of rotatable bonds is 5. The number of aryl methyl sites for hydroxylation is 1. The molecule has 8 nitrogen and oxygen atoms in total. The Labute approximate surface area is 137 Å². The van der Waals surface area contributed by atoms with Gasteiger partial charge in [-0.25, -0.2) is 0 Å². The van der Waals surface area contributed by atoms with Crippen LogP contribution >= 0.6 is 0 Å². The van der Waals surface area contributed by atoms with Crippen LogP contribution in [0.5, 0.6) is 0 Å². The summed E-state index contributed by atoms with van der Waals surface area (Å²) in [5, 5.41) is 0. The molecular weight excluding hydrogens is 314 g/mol. The Morgan fingerprint density at radius 2 is 1.96 bits per heavy atom. The average Bonchev–Trinajstić information content (AvgIpc) is 2.55. The van der Waals surface area contributed by atoms with Gasteiger partial charge in [0.05, 0.1) is 17.6 Å². The molecule has 128 valence electrons. The van der Waals surface area contributed by atoms with Gasteiger partial charge in [0, 0.05) is 19.2 Å². The van der Waals surface area contributed by atoms with Crippen LogP contribution < -0.4 is 11.1 Å². The first-order valence-electron chi connectivity index (χ1n) is 7.57. The predicted octanol–water partition coefficient (Wildman–Crippen LogP) is 0.345. The lowest BCUT2D eigenvalue weighted by Gasteiger charge is -2.16. The molecule has 8 heteroatoms. The molecule has 0 saturated heterocycles. The molecule has 0 unspecified atom stereocenters. The number of esters is 1. The number of benzene rings is 1. The highest BCUT2D eigenvalue weighted by Crippen LogP contribution is 2.13. The number of fused-ring (bicyclic) bond motifs is 1. The summed E-state index contributed by atoms with van der Waals surface area (Å²) in [6.45, 7) is 3.86. The smallest absolute Gasteiger partial charge is 0.325 e. The van der Waals surface area contributed by atoms with Crippen molar-refractivity contribution in [2.75, 3.05) is 20.2 Å². The third kappa shape index (κ3) is 3.37. The van der Waals surface area contributed by atoms with Gasteiger partial charge in [0.25, 0.3) is 5.91 Å². The van der Waals surface area contributed by atoms with E-state index in [1.807, 2.05) is 0 Å². The second-order valence-corrected chi connectivity index (χ2v) is 5.20. The fraction of sp³-hybridized carbons (Fsp3) is 0.375. The van der Waals surface area contributed by atoms with Gasteiger partial charge in [0.2, 0.25) is 0 Å². The summed E-state index contributed by atoms with van der Waals surface area (Å²) in [5.74, 6) is -0.887. The number of H-pyrrole nitrogens is 1. The lowest BCUT2D eigenvalue weighted by atomic mass is 10.1. The normalized spacial score (nSPS) is 10.6. The van der Waals surface area contributed by atoms with Gasteiger partial charge in [0.15, 0.2) is 0 Å². The van der Waals surface area contributed by atoms with Crippen LogP contribution in [0.1, 0.15) is 24.2 Å². The van der Waals surface area contributed by atoms with Crippen LogP contribution in [-0.2, 0) is 16.1 Å². The number of amides is 1. The number of aromatic amines is 1. The minimum atomic E-state index is -0.742. The second-order valence-electron chi connectivity index (χ2n) is 5.20. The molecule has 2 rings (SSSR count). The number of aromatic nitrogens is 2. The van der Waals surface area contributed by atoms with Gasteiger partial charge in [-0.2, -0.15) is 0 Å². The Morgan fingerprint density at radius 3 is 2.58 bits per heavy atom. The third-order valence-corrected chi connectivity index (χ3v) is 3.56. The first-order valence-corrected chi connectivity index (χ1v) is 7.57. The fourth-order valence-electron chi connectivity index (χ4n) is 2.42. The number of hydrogen-bond donors (Lipinski definition) is 1. The van der Waals surface area contributed by atoms with Crippen LogP contribution in [-0.4, -0.2) is 46.5 Å². The number of ether oxygens (including phenoxy) is 1. The van der Waals surface area contributed by atoms with Crippen molar-refractivity contribution in [1.82, 2.24) is 14.5 Å². The van der Waals surface area contributed by atoms with E-state index in [1.165, 1.54) is 22.6 Å². The first-order chi connectivity index (χ1) is 11.4. The van der Waals surface area contributed by atoms with Gasteiger partial charge < -0.3 is 19.2 Å². The van der Waals surface area contributed by atoms with E-state index < -0.39 is 17.1 Å². The van der Waals surface area contributed by atoms with Gasteiger partial charge in [-0.1, -0.05) is 0 Å². The van der Waals surface area contributed by atoms with Gasteiger partial charge in [-0.15, -0.1) is 0 Å².